The molecular formula is C11H15N. The van der Waals surface area contributed by atoms with E-state index in [1.165, 1.54) is 24.0 Å². The molecule has 1 aliphatic carbocycles. The lowest BCUT2D eigenvalue weighted by Crippen LogP contribution is -2.02. The van der Waals surface area contributed by atoms with E-state index >= 15 is 0 Å². The highest BCUT2D eigenvalue weighted by Gasteiger charge is 2.38. The molecule has 0 aliphatic heterocycles. The average molecular weight is 161 g/mol. The van der Waals surface area contributed by atoms with E-state index < -0.39 is 0 Å². The zero-order valence-corrected chi connectivity index (χ0v) is 7.51. The number of hydrogen-bond donors (Lipinski definition) is 1. The van der Waals surface area contributed by atoms with Crippen molar-refractivity contribution in [3.8, 4) is 0 Å². The van der Waals surface area contributed by atoms with Crippen LogP contribution in [0.25, 0.3) is 0 Å². The molecule has 1 fully saturated rings. The quantitative estimate of drug-likeness (QED) is 0.707. The van der Waals surface area contributed by atoms with E-state index in [4.69, 9.17) is 5.73 Å². The van der Waals surface area contributed by atoms with Gasteiger partial charge in [0.25, 0.3) is 0 Å². The molecular weight excluding hydrogens is 146 g/mol. The van der Waals surface area contributed by atoms with Crippen molar-refractivity contribution >= 4 is 0 Å². The van der Waals surface area contributed by atoms with Crippen LogP contribution in [-0.2, 0) is 12.0 Å². The van der Waals surface area contributed by atoms with Crippen LogP contribution in [0.3, 0.4) is 0 Å². The monoisotopic (exact) mass is 161 g/mol. The summed E-state index contributed by atoms with van der Waals surface area (Å²) in [5, 5.41) is 0. The normalized spacial score (nSPS) is 19.2. The Hall–Kier alpha value is -0.820. The van der Waals surface area contributed by atoms with Crippen molar-refractivity contribution in [2.24, 2.45) is 5.73 Å². The SMILES string of the molecule is CC1(c2cccc(CN)c2)CC1. The smallest absolute Gasteiger partial charge is 0.0178 e. The minimum Gasteiger partial charge on any atom is -0.326 e. The van der Waals surface area contributed by atoms with Crippen molar-refractivity contribution in [3.05, 3.63) is 35.4 Å². The molecule has 1 heteroatoms. The van der Waals surface area contributed by atoms with Gasteiger partial charge in [-0.25, -0.2) is 0 Å². The van der Waals surface area contributed by atoms with Crippen LogP contribution in [0.5, 0.6) is 0 Å². The molecule has 0 bridgehead atoms. The summed E-state index contributed by atoms with van der Waals surface area (Å²) in [5.41, 5.74) is 8.77. The van der Waals surface area contributed by atoms with E-state index in [2.05, 4.69) is 31.2 Å². The van der Waals surface area contributed by atoms with Gasteiger partial charge in [-0.2, -0.15) is 0 Å². The van der Waals surface area contributed by atoms with E-state index in [-0.39, 0.29) is 0 Å². The van der Waals surface area contributed by atoms with Gasteiger partial charge < -0.3 is 5.73 Å². The molecule has 0 amide bonds. The van der Waals surface area contributed by atoms with Gasteiger partial charge in [0.1, 0.15) is 0 Å². The summed E-state index contributed by atoms with van der Waals surface area (Å²) < 4.78 is 0. The predicted octanol–water partition coefficient (Wildman–Crippen LogP) is 2.20. The van der Waals surface area contributed by atoms with Gasteiger partial charge in [-0.3, -0.25) is 0 Å². The molecule has 0 radical (unpaired) electrons. The molecule has 2 rings (SSSR count). The molecule has 1 aromatic rings. The molecule has 0 heterocycles. The molecule has 1 nitrogen and oxygen atoms in total. The molecule has 1 saturated carbocycles. The fraction of sp³-hybridized carbons (Fsp3) is 0.455. The maximum absolute atomic E-state index is 5.58. The second-order valence-corrected chi connectivity index (χ2v) is 3.97. The molecule has 64 valence electrons. The number of benzene rings is 1. The van der Waals surface area contributed by atoms with Crippen LogP contribution in [0.4, 0.5) is 0 Å². The first kappa shape index (κ1) is 7.81. The summed E-state index contributed by atoms with van der Waals surface area (Å²) in [6.07, 6.45) is 2.67. The van der Waals surface area contributed by atoms with Gasteiger partial charge in [-0.1, -0.05) is 31.2 Å². The summed E-state index contributed by atoms with van der Waals surface area (Å²) in [6.45, 7) is 2.98. The summed E-state index contributed by atoms with van der Waals surface area (Å²) in [6, 6.07) is 8.66. The van der Waals surface area contributed by atoms with Crippen molar-refractivity contribution in [1.82, 2.24) is 0 Å². The molecule has 0 spiro atoms. The van der Waals surface area contributed by atoms with Gasteiger partial charge in [0.05, 0.1) is 0 Å². The zero-order chi connectivity index (χ0) is 8.60. The van der Waals surface area contributed by atoms with Crippen molar-refractivity contribution in [3.63, 3.8) is 0 Å². The third-order valence-corrected chi connectivity index (χ3v) is 2.86. The molecule has 0 atom stereocenters. The molecule has 0 saturated heterocycles. The maximum atomic E-state index is 5.58. The lowest BCUT2D eigenvalue weighted by atomic mass is 9.97. The van der Waals surface area contributed by atoms with Crippen LogP contribution < -0.4 is 5.73 Å². The van der Waals surface area contributed by atoms with Crippen LogP contribution >= 0.6 is 0 Å². The van der Waals surface area contributed by atoms with E-state index in [0.29, 0.717) is 12.0 Å². The molecule has 0 aromatic heterocycles. The van der Waals surface area contributed by atoms with Crippen LogP contribution in [-0.4, -0.2) is 0 Å². The van der Waals surface area contributed by atoms with E-state index in [1.807, 2.05) is 0 Å². The van der Waals surface area contributed by atoms with Gasteiger partial charge >= 0.3 is 0 Å². The summed E-state index contributed by atoms with van der Waals surface area (Å²) >= 11 is 0. The van der Waals surface area contributed by atoms with Gasteiger partial charge in [0.15, 0.2) is 0 Å². The van der Waals surface area contributed by atoms with Crippen molar-refractivity contribution < 1.29 is 0 Å². The highest BCUT2D eigenvalue weighted by atomic mass is 14.5. The molecule has 1 aromatic carbocycles. The molecule has 12 heavy (non-hydrogen) atoms. The van der Waals surface area contributed by atoms with Gasteiger partial charge in [0.2, 0.25) is 0 Å². The first-order chi connectivity index (χ1) is 5.74. The van der Waals surface area contributed by atoms with Crippen LogP contribution in [0.1, 0.15) is 30.9 Å². The highest BCUT2D eigenvalue weighted by Crippen LogP contribution is 2.47. The zero-order valence-electron chi connectivity index (χ0n) is 7.51. The lowest BCUT2D eigenvalue weighted by molar-refractivity contribution is 0.784. The Balaban J connectivity index is 2.32. The van der Waals surface area contributed by atoms with Gasteiger partial charge in [0, 0.05) is 6.54 Å². The fourth-order valence-electron chi connectivity index (χ4n) is 1.55. The van der Waals surface area contributed by atoms with Gasteiger partial charge in [-0.05, 0) is 29.4 Å². The van der Waals surface area contributed by atoms with E-state index in [0.717, 1.165) is 0 Å². The lowest BCUT2D eigenvalue weighted by Gasteiger charge is -2.09. The van der Waals surface area contributed by atoms with Crippen molar-refractivity contribution in [2.45, 2.75) is 31.7 Å². The Morgan fingerprint density at radius 1 is 1.42 bits per heavy atom. The highest BCUT2D eigenvalue weighted by molar-refractivity contribution is 5.33. The minimum atomic E-state index is 0.477. The Morgan fingerprint density at radius 2 is 2.17 bits per heavy atom. The molecule has 1 aliphatic rings. The van der Waals surface area contributed by atoms with Crippen molar-refractivity contribution in [2.75, 3.05) is 0 Å². The largest absolute Gasteiger partial charge is 0.326 e. The van der Waals surface area contributed by atoms with Crippen molar-refractivity contribution in [1.29, 1.82) is 0 Å². The standard InChI is InChI=1S/C11H15N/c1-11(5-6-11)10-4-2-3-9(7-10)8-12/h2-4,7H,5-6,8,12H2,1H3. The molecule has 2 N–H and O–H groups in total. The topological polar surface area (TPSA) is 26.0 Å². The summed E-state index contributed by atoms with van der Waals surface area (Å²) in [4.78, 5) is 0. The first-order valence-electron chi connectivity index (χ1n) is 4.54. The Morgan fingerprint density at radius 3 is 2.75 bits per heavy atom. The Bertz CT molecular complexity index is 287. The van der Waals surface area contributed by atoms with Crippen LogP contribution in [0, 0.1) is 0 Å². The second kappa shape index (κ2) is 2.60. The average Bonchev–Trinajstić information content (AvgIpc) is 2.85. The minimum absolute atomic E-state index is 0.477. The van der Waals surface area contributed by atoms with E-state index in [1.54, 1.807) is 0 Å². The Labute approximate surface area is 73.6 Å². The molecule has 0 unspecified atom stereocenters. The first-order valence-corrected chi connectivity index (χ1v) is 4.54. The number of rotatable bonds is 2. The summed E-state index contributed by atoms with van der Waals surface area (Å²) in [5.74, 6) is 0. The van der Waals surface area contributed by atoms with E-state index in [9.17, 15) is 0 Å². The van der Waals surface area contributed by atoms with Crippen LogP contribution in [0.2, 0.25) is 0 Å². The van der Waals surface area contributed by atoms with Crippen LogP contribution in [0.15, 0.2) is 24.3 Å². The fourth-order valence-corrected chi connectivity index (χ4v) is 1.55. The summed E-state index contributed by atoms with van der Waals surface area (Å²) in [7, 11) is 0. The third kappa shape index (κ3) is 1.25. The third-order valence-electron chi connectivity index (χ3n) is 2.86. The number of hydrogen-bond acceptors (Lipinski definition) is 1. The predicted molar refractivity (Wildman–Crippen MR) is 50.9 cm³/mol. The Kier molecular flexibility index (Phi) is 1.69. The maximum Gasteiger partial charge on any atom is 0.0178 e. The van der Waals surface area contributed by atoms with Gasteiger partial charge in [-0.15, -0.1) is 0 Å². The number of nitrogens with two attached hydrogens (primary N) is 1. The second-order valence-electron chi connectivity index (χ2n) is 3.97.